The average molecular weight is 836 g/mol. The first-order valence-corrected chi connectivity index (χ1v) is 22.5. The first-order valence-electron chi connectivity index (χ1n) is 22.5. The lowest BCUT2D eigenvalue weighted by molar-refractivity contribution is 0.379. The molecule has 10 nitrogen and oxygen atoms in total. The molecule has 0 amide bonds. The Balaban J connectivity index is 1.22. The normalized spacial score (nSPS) is 14.5. The number of benzene rings is 7. The summed E-state index contributed by atoms with van der Waals surface area (Å²) in [6.07, 6.45) is -0.511. The molecule has 300 valence electrons. The highest BCUT2D eigenvalue weighted by molar-refractivity contribution is 7.20. The van der Waals surface area contributed by atoms with Gasteiger partial charge in [0.15, 0.2) is 8.07 Å². The van der Waals surface area contributed by atoms with Crippen LogP contribution < -0.4 is 25.5 Å². The number of nitrogens with zero attached hydrogens (tertiary/aromatic N) is 9. The van der Waals surface area contributed by atoms with Crippen LogP contribution >= 0.6 is 0 Å². The molecule has 0 fully saturated rings. The van der Waals surface area contributed by atoms with Crippen molar-refractivity contribution in [2.75, 3.05) is 0 Å². The Kier molecular flexibility index (Phi) is 7.65. The number of hydrogen-bond acceptors (Lipinski definition) is 8. The van der Waals surface area contributed by atoms with Gasteiger partial charge in [0.2, 0.25) is 5.78 Å². The topological polar surface area (TPSA) is 109 Å². The van der Waals surface area contributed by atoms with Crippen molar-refractivity contribution in [3.8, 4) is 17.2 Å². The third-order valence-corrected chi connectivity index (χ3v) is 16.7. The van der Waals surface area contributed by atoms with E-state index in [1.807, 2.05) is 72.8 Å². The third kappa shape index (κ3) is 5.74. The summed E-state index contributed by atoms with van der Waals surface area (Å²) in [6, 6.07) is 58.5. The summed E-state index contributed by atoms with van der Waals surface area (Å²) in [5, 5.41) is 3.81. The van der Waals surface area contributed by atoms with Crippen LogP contribution in [0.25, 0.3) is 33.5 Å². The fraction of sp³-hybridized carbons (Fsp3) is 0.0577. The minimum Gasteiger partial charge on any atom is -0.457 e. The van der Waals surface area contributed by atoms with Gasteiger partial charge < -0.3 is 4.74 Å². The van der Waals surface area contributed by atoms with E-state index in [0.29, 0.717) is 5.75 Å². The molecule has 1 aliphatic heterocycles. The van der Waals surface area contributed by atoms with Crippen molar-refractivity contribution < 1.29 is 10.2 Å². The Morgan fingerprint density at radius 2 is 1.08 bits per heavy atom. The van der Waals surface area contributed by atoms with Crippen LogP contribution in [0.15, 0.2) is 201 Å². The lowest BCUT2D eigenvalue weighted by Gasteiger charge is -2.43. The second kappa shape index (κ2) is 14.8. The molecule has 0 bridgehead atoms. The summed E-state index contributed by atoms with van der Waals surface area (Å²) in [5.74, 6) is 0.813. The number of imidazole rings is 2. The summed E-state index contributed by atoms with van der Waals surface area (Å²) in [7, 11) is -3.64. The smallest absolute Gasteiger partial charge is 0.220 e. The average Bonchev–Trinajstić information content (AvgIpc) is 3.92. The summed E-state index contributed by atoms with van der Waals surface area (Å²) >= 11 is 0. The second-order valence-corrected chi connectivity index (χ2v) is 19.1. The van der Waals surface area contributed by atoms with Gasteiger partial charge in [-0.25, -0.2) is 34.9 Å². The second-order valence-electron chi connectivity index (χ2n) is 15.3. The molecule has 12 rings (SSSR count). The predicted molar refractivity (Wildman–Crippen MR) is 248 cm³/mol. The van der Waals surface area contributed by atoms with Crippen molar-refractivity contribution in [3.63, 3.8) is 0 Å². The van der Waals surface area contributed by atoms with Crippen LogP contribution in [-0.2, 0) is 18.2 Å². The Morgan fingerprint density at radius 3 is 1.78 bits per heavy atom. The van der Waals surface area contributed by atoms with E-state index in [1.165, 1.54) is 25.3 Å². The SMILES string of the molecule is [2H]C([2H])(c1ncncn1)C1(C([2H])([2H])c2ncncn2)c2ccccc2Oc2c1cccc2[Si](c1ccccc1)(c1ccccc1)c1cccc(-n2c3ccccc3n3c4ccccc4nc23)c1. The van der Waals surface area contributed by atoms with E-state index in [0.717, 1.165) is 54.3 Å². The van der Waals surface area contributed by atoms with Gasteiger partial charge in [0.1, 0.15) is 48.5 Å². The highest BCUT2D eigenvalue weighted by atomic mass is 28.3. The van der Waals surface area contributed by atoms with Gasteiger partial charge in [-0.1, -0.05) is 133 Å². The van der Waals surface area contributed by atoms with Crippen LogP contribution in [0, 0.1) is 0 Å². The third-order valence-electron chi connectivity index (χ3n) is 12.0. The number of rotatable bonds is 9. The number of ether oxygens (including phenoxy) is 1. The molecule has 5 heterocycles. The number of para-hydroxylation sites is 6. The molecule has 7 aromatic carbocycles. The fourth-order valence-corrected chi connectivity index (χ4v) is 14.3. The van der Waals surface area contributed by atoms with Gasteiger partial charge in [-0.15, -0.1) is 0 Å². The van der Waals surface area contributed by atoms with Crippen molar-refractivity contribution in [1.82, 2.24) is 43.9 Å². The molecule has 0 saturated carbocycles. The van der Waals surface area contributed by atoms with E-state index in [4.69, 9.17) is 9.72 Å². The minimum absolute atomic E-state index is 0.236. The molecule has 1 aliphatic rings. The monoisotopic (exact) mass is 835 g/mol. The molecule has 11 heteroatoms. The van der Waals surface area contributed by atoms with Crippen LogP contribution in [-0.4, -0.2) is 51.9 Å². The summed E-state index contributed by atoms with van der Waals surface area (Å²) < 4.78 is 52.9. The van der Waals surface area contributed by atoms with E-state index in [1.54, 1.807) is 30.3 Å². The van der Waals surface area contributed by atoms with Crippen molar-refractivity contribution in [3.05, 3.63) is 224 Å². The standard InChI is InChI=1S/C52H37N9OSi/c1-3-16-37(17-4-1)63(38-18-5-2-6-19-38,39-20-13-15-36(29-39)60-44-25-10-11-26-45(44)61-43-24-9-8-23-42(43)59-51(60)61)47-28-14-22-41-50(47)62-46-27-12-7-21-40(46)52(41,30-48-55-32-53-33-56-48)31-49-57-34-54-35-58-49/h1-29,32-35H,30-31H2/i30D2,31D2. The largest absolute Gasteiger partial charge is 0.457 e. The molecular weight excluding hydrogens is 795 g/mol. The summed E-state index contributed by atoms with van der Waals surface area (Å²) in [6.45, 7) is 0. The first-order chi connectivity index (χ1) is 32.8. The van der Waals surface area contributed by atoms with E-state index in [2.05, 4.69) is 112 Å². The Morgan fingerprint density at radius 1 is 0.524 bits per heavy atom. The number of fused-ring (bicyclic) bond motifs is 7. The van der Waals surface area contributed by atoms with Crippen molar-refractivity contribution in [2.45, 2.75) is 18.2 Å². The molecule has 0 unspecified atom stereocenters. The number of aromatic nitrogens is 9. The van der Waals surface area contributed by atoms with Gasteiger partial charge in [0.25, 0.3) is 0 Å². The van der Waals surface area contributed by atoms with Gasteiger partial charge in [0.05, 0.1) is 22.1 Å². The quantitative estimate of drug-likeness (QED) is 0.113. The molecule has 11 aromatic rings. The molecule has 4 aromatic heterocycles. The van der Waals surface area contributed by atoms with E-state index < -0.39 is 26.2 Å². The maximum atomic E-state index is 10.3. The zero-order valence-electron chi connectivity index (χ0n) is 37.5. The zero-order valence-corrected chi connectivity index (χ0v) is 34.5. The van der Waals surface area contributed by atoms with E-state index in [9.17, 15) is 5.48 Å². The molecule has 0 radical (unpaired) electrons. The van der Waals surface area contributed by atoms with Gasteiger partial charge in [-0.2, -0.15) is 0 Å². The maximum Gasteiger partial charge on any atom is 0.220 e. The van der Waals surface area contributed by atoms with E-state index in [-0.39, 0.29) is 28.5 Å². The van der Waals surface area contributed by atoms with Gasteiger partial charge in [-0.3, -0.25) is 8.97 Å². The highest BCUT2D eigenvalue weighted by Crippen LogP contribution is 2.51. The fourth-order valence-electron chi connectivity index (χ4n) is 9.43. The van der Waals surface area contributed by atoms with Gasteiger partial charge in [0, 0.05) is 40.5 Å². The highest BCUT2D eigenvalue weighted by Gasteiger charge is 2.50. The van der Waals surface area contributed by atoms with Crippen LogP contribution in [0.5, 0.6) is 11.5 Å². The Hall–Kier alpha value is -8.15. The first kappa shape index (κ1) is 32.6. The Bertz CT molecular complexity index is 3560. The van der Waals surface area contributed by atoms with Gasteiger partial charge >= 0.3 is 0 Å². The number of hydrogen-bond donors (Lipinski definition) is 0. The summed E-state index contributed by atoms with van der Waals surface area (Å²) in [5.41, 5.74) is 2.99. The molecule has 0 spiro atoms. The molecule has 63 heavy (non-hydrogen) atoms. The molecule has 0 aliphatic carbocycles. The van der Waals surface area contributed by atoms with Crippen LogP contribution in [0.3, 0.4) is 0 Å². The molecule has 0 N–H and O–H groups in total. The Labute approximate surface area is 368 Å². The summed E-state index contributed by atoms with van der Waals surface area (Å²) in [4.78, 5) is 30.7. The van der Waals surface area contributed by atoms with Gasteiger partial charge in [-0.05, 0) is 63.2 Å². The molecule has 0 saturated heterocycles. The minimum atomic E-state index is -3.64. The van der Waals surface area contributed by atoms with Crippen LogP contribution in [0.2, 0.25) is 0 Å². The van der Waals surface area contributed by atoms with E-state index >= 15 is 0 Å². The van der Waals surface area contributed by atoms with Crippen LogP contribution in [0.4, 0.5) is 0 Å². The van der Waals surface area contributed by atoms with Crippen molar-refractivity contribution >= 4 is 56.7 Å². The van der Waals surface area contributed by atoms with Crippen LogP contribution in [0.1, 0.15) is 28.3 Å². The zero-order chi connectivity index (χ0) is 45.4. The maximum absolute atomic E-state index is 10.3. The molecule has 0 atom stereocenters. The van der Waals surface area contributed by atoms with Crippen molar-refractivity contribution in [2.24, 2.45) is 0 Å². The lowest BCUT2D eigenvalue weighted by atomic mass is 9.67. The van der Waals surface area contributed by atoms with Crippen molar-refractivity contribution in [1.29, 1.82) is 0 Å². The predicted octanol–water partition coefficient (Wildman–Crippen LogP) is 7.06. The molecular formula is C52H37N9OSi. The lowest BCUT2D eigenvalue weighted by Crippen LogP contribution is -2.75.